The molecule has 120 valence electrons. The minimum absolute atomic E-state index is 0.171. The van der Waals surface area contributed by atoms with E-state index in [4.69, 9.17) is 14.2 Å². The molecule has 2 rings (SSSR count). The second-order valence-corrected chi connectivity index (χ2v) is 5.51. The van der Waals surface area contributed by atoms with Crippen LogP contribution in [0.3, 0.4) is 0 Å². The number of urea groups is 1. The molecule has 0 bridgehead atoms. The SMILES string of the molecule is COC(=O)[C@@H](CCSC)NC(=O)Nc1ccc2c(c1)OCO2. The van der Waals surface area contributed by atoms with Gasteiger partial charge in [-0.25, -0.2) is 9.59 Å². The second kappa shape index (κ2) is 7.79. The van der Waals surface area contributed by atoms with Crippen LogP contribution in [0.1, 0.15) is 6.42 Å². The Bertz CT molecular complexity index is 552. The van der Waals surface area contributed by atoms with Crippen molar-refractivity contribution in [1.29, 1.82) is 0 Å². The fourth-order valence-electron chi connectivity index (χ4n) is 1.93. The summed E-state index contributed by atoms with van der Waals surface area (Å²) in [6.07, 6.45) is 2.43. The number of hydrogen-bond donors (Lipinski definition) is 2. The number of carbonyl (C=O) groups is 2. The number of methoxy groups -OCH3 is 1. The molecule has 8 heteroatoms. The van der Waals surface area contributed by atoms with E-state index in [9.17, 15) is 9.59 Å². The van der Waals surface area contributed by atoms with E-state index >= 15 is 0 Å². The maximum atomic E-state index is 12.0. The third kappa shape index (κ3) is 4.20. The first-order valence-corrected chi connectivity index (χ1v) is 8.07. The van der Waals surface area contributed by atoms with E-state index in [1.807, 2.05) is 6.26 Å². The number of hydrogen-bond acceptors (Lipinski definition) is 6. The van der Waals surface area contributed by atoms with Crippen LogP contribution in [0.2, 0.25) is 0 Å². The van der Waals surface area contributed by atoms with Gasteiger partial charge in [0.15, 0.2) is 11.5 Å². The van der Waals surface area contributed by atoms with Gasteiger partial charge in [0, 0.05) is 11.8 Å². The molecule has 1 aliphatic heterocycles. The van der Waals surface area contributed by atoms with Gasteiger partial charge in [-0.3, -0.25) is 0 Å². The van der Waals surface area contributed by atoms with Crippen molar-refractivity contribution < 1.29 is 23.8 Å². The lowest BCUT2D eigenvalue weighted by Crippen LogP contribution is -2.44. The lowest BCUT2D eigenvalue weighted by molar-refractivity contribution is -0.142. The number of rotatable bonds is 6. The molecule has 0 radical (unpaired) electrons. The molecule has 0 fully saturated rings. The first-order valence-electron chi connectivity index (χ1n) is 6.68. The number of amides is 2. The highest BCUT2D eigenvalue weighted by Gasteiger charge is 2.21. The molecule has 1 heterocycles. The van der Waals surface area contributed by atoms with Crippen LogP contribution in [0.25, 0.3) is 0 Å². The van der Waals surface area contributed by atoms with Crippen molar-refractivity contribution in [2.75, 3.05) is 31.2 Å². The van der Waals surface area contributed by atoms with Crippen molar-refractivity contribution in [3.8, 4) is 11.5 Å². The maximum absolute atomic E-state index is 12.0. The van der Waals surface area contributed by atoms with E-state index in [0.29, 0.717) is 23.6 Å². The molecule has 7 nitrogen and oxygen atoms in total. The van der Waals surface area contributed by atoms with Crippen molar-refractivity contribution in [3.63, 3.8) is 0 Å². The van der Waals surface area contributed by atoms with Gasteiger partial charge in [0.25, 0.3) is 0 Å². The highest BCUT2D eigenvalue weighted by atomic mass is 32.2. The summed E-state index contributed by atoms with van der Waals surface area (Å²) in [4.78, 5) is 23.6. The standard InChI is InChI=1S/C14H18N2O5S/c1-19-13(17)10(5-6-22-2)16-14(18)15-9-3-4-11-12(7-9)21-8-20-11/h3-4,7,10H,5-6,8H2,1-2H3,(H2,15,16,18)/t10-/m1/s1. The van der Waals surface area contributed by atoms with E-state index < -0.39 is 18.0 Å². The quantitative estimate of drug-likeness (QED) is 0.776. The second-order valence-electron chi connectivity index (χ2n) is 4.52. The van der Waals surface area contributed by atoms with Gasteiger partial charge in [-0.1, -0.05) is 0 Å². The van der Waals surface area contributed by atoms with Crippen molar-refractivity contribution in [2.24, 2.45) is 0 Å². The first kappa shape index (κ1) is 16.3. The zero-order valence-electron chi connectivity index (χ0n) is 12.4. The summed E-state index contributed by atoms with van der Waals surface area (Å²) in [6, 6.07) is 3.92. The molecule has 22 heavy (non-hydrogen) atoms. The van der Waals surface area contributed by atoms with E-state index in [2.05, 4.69) is 10.6 Å². The van der Waals surface area contributed by atoms with Gasteiger partial charge in [0.1, 0.15) is 6.04 Å². The molecule has 0 spiro atoms. The summed E-state index contributed by atoms with van der Waals surface area (Å²) < 4.78 is 15.1. The smallest absolute Gasteiger partial charge is 0.328 e. The Kier molecular flexibility index (Phi) is 5.76. The van der Waals surface area contributed by atoms with Crippen LogP contribution in [-0.4, -0.2) is 44.0 Å². The molecule has 0 saturated carbocycles. The van der Waals surface area contributed by atoms with Crippen LogP contribution in [0.5, 0.6) is 11.5 Å². The first-order chi connectivity index (χ1) is 10.6. The van der Waals surface area contributed by atoms with Crippen LogP contribution < -0.4 is 20.1 Å². The zero-order chi connectivity index (χ0) is 15.9. The van der Waals surface area contributed by atoms with Crippen LogP contribution in [0.15, 0.2) is 18.2 Å². The van der Waals surface area contributed by atoms with E-state index in [0.717, 1.165) is 5.75 Å². The normalized spacial score (nSPS) is 13.4. The third-order valence-corrected chi connectivity index (χ3v) is 3.68. The topological polar surface area (TPSA) is 85.9 Å². The van der Waals surface area contributed by atoms with Gasteiger partial charge in [-0.15, -0.1) is 0 Å². The Labute approximate surface area is 132 Å². The number of nitrogens with one attached hydrogen (secondary N) is 2. The summed E-state index contributed by atoms with van der Waals surface area (Å²) in [5.41, 5.74) is 0.551. The van der Waals surface area contributed by atoms with Gasteiger partial charge >= 0.3 is 12.0 Å². The van der Waals surface area contributed by atoms with E-state index in [-0.39, 0.29) is 6.79 Å². The number of anilines is 1. The number of esters is 1. The maximum Gasteiger partial charge on any atom is 0.328 e. The molecule has 1 aliphatic rings. The van der Waals surface area contributed by atoms with Crippen molar-refractivity contribution in [2.45, 2.75) is 12.5 Å². The van der Waals surface area contributed by atoms with E-state index in [1.54, 1.807) is 30.0 Å². The largest absolute Gasteiger partial charge is 0.467 e. The molecule has 0 saturated heterocycles. The molecular formula is C14H18N2O5S. The lowest BCUT2D eigenvalue weighted by Gasteiger charge is -2.16. The van der Waals surface area contributed by atoms with Gasteiger partial charge in [0.05, 0.1) is 7.11 Å². The van der Waals surface area contributed by atoms with Crippen LogP contribution in [0, 0.1) is 0 Å². The third-order valence-electron chi connectivity index (χ3n) is 3.03. The average molecular weight is 326 g/mol. The number of thioether (sulfide) groups is 1. The highest BCUT2D eigenvalue weighted by Crippen LogP contribution is 2.34. The molecule has 1 aromatic carbocycles. The Morgan fingerprint density at radius 2 is 2.14 bits per heavy atom. The van der Waals surface area contributed by atoms with Crippen LogP contribution >= 0.6 is 11.8 Å². The summed E-state index contributed by atoms with van der Waals surface area (Å²) in [6.45, 7) is 0.171. The van der Waals surface area contributed by atoms with Gasteiger partial charge in [0.2, 0.25) is 6.79 Å². The van der Waals surface area contributed by atoms with Crippen molar-refractivity contribution in [3.05, 3.63) is 18.2 Å². The minimum Gasteiger partial charge on any atom is -0.467 e. The van der Waals surface area contributed by atoms with Crippen LogP contribution in [-0.2, 0) is 9.53 Å². The molecule has 2 N–H and O–H groups in total. The average Bonchev–Trinajstić information content (AvgIpc) is 2.98. The summed E-state index contributed by atoms with van der Waals surface area (Å²) >= 11 is 1.59. The van der Waals surface area contributed by atoms with Crippen LogP contribution in [0.4, 0.5) is 10.5 Å². The monoisotopic (exact) mass is 326 g/mol. The van der Waals surface area contributed by atoms with Crippen molar-refractivity contribution >= 4 is 29.4 Å². The predicted molar refractivity (Wildman–Crippen MR) is 83.5 cm³/mol. The van der Waals surface area contributed by atoms with Crippen molar-refractivity contribution in [1.82, 2.24) is 5.32 Å². The number of fused-ring (bicyclic) bond motifs is 1. The number of ether oxygens (including phenoxy) is 3. The van der Waals surface area contributed by atoms with E-state index in [1.165, 1.54) is 7.11 Å². The highest BCUT2D eigenvalue weighted by molar-refractivity contribution is 7.98. The fourth-order valence-corrected chi connectivity index (χ4v) is 2.40. The molecule has 0 unspecified atom stereocenters. The molecule has 1 aromatic rings. The molecule has 0 aliphatic carbocycles. The molecule has 0 aromatic heterocycles. The Balaban J connectivity index is 1.94. The van der Waals surface area contributed by atoms with Gasteiger partial charge < -0.3 is 24.8 Å². The summed E-state index contributed by atoms with van der Waals surface area (Å²) in [7, 11) is 1.30. The van der Waals surface area contributed by atoms with Gasteiger partial charge in [-0.2, -0.15) is 11.8 Å². The minimum atomic E-state index is -0.675. The molecular weight excluding hydrogens is 308 g/mol. The Morgan fingerprint density at radius 1 is 1.36 bits per heavy atom. The van der Waals surface area contributed by atoms with Gasteiger partial charge in [-0.05, 0) is 30.6 Å². The fraction of sp³-hybridized carbons (Fsp3) is 0.429. The molecule has 1 atom stereocenters. The molecule has 2 amide bonds. The lowest BCUT2D eigenvalue weighted by atomic mass is 10.2. The Hall–Kier alpha value is -2.09. The number of carbonyl (C=O) groups excluding carboxylic acids is 2. The number of benzene rings is 1. The summed E-state index contributed by atoms with van der Waals surface area (Å²) in [5.74, 6) is 1.49. The zero-order valence-corrected chi connectivity index (χ0v) is 13.2. The Morgan fingerprint density at radius 3 is 2.86 bits per heavy atom. The predicted octanol–water partition coefficient (Wildman–Crippen LogP) is 1.83. The summed E-state index contributed by atoms with van der Waals surface area (Å²) in [5, 5.41) is 5.27.